The standard InChI is InChI=1S/C14H28N2O2S/c1-7-10(4)12-14(17)16(8-11(5)19(6)18)13(15-12)9(2)3/h9-13,15H,7-8H2,1-6H3. The second kappa shape index (κ2) is 6.84. The first-order chi connectivity index (χ1) is 8.79. The number of carbonyl (C=O) groups excluding carboxylic acids is 1. The van der Waals surface area contributed by atoms with Crippen molar-refractivity contribution in [3.8, 4) is 0 Å². The van der Waals surface area contributed by atoms with E-state index in [2.05, 4.69) is 33.0 Å². The summed E-state index contributed by atoms with van der Waals surface area (Å²) < 4.78 is 11.5. The molecule has 0 radical (unpaired) electrons. The second-order valence-electron chi connectivity index (χ2n) is 6.02. The van der Waals surface area contributed by atoms with Gasteiger partial charge in [0, 0.05) is 28.9 Å². The first-order valence-corrected chi connectivity index (χ1v) is 8.80. The molecule has 0 aromatic heterocycles. The van der Waals surface area contributed by atoms with Gasteiger partial charge in [-0.3, -0.25) is 14.3 Å². The van der Waals surface area contributed by atoms with Gasteiger partial charge >= 0.3 is 0 Å². The Balaban J connectivity index is 2.86. The van der Waals surface area contributed by atoms with Crippen LogP contribution >= 0.6 is 0 Å². The average molecular weight is 288 g/mol. The van der Waals surface area contributed by atoms with Crippen LogP contribution in [-0.4, -0.2) is 45.3 Å². The summed E-state index contributed by atoms with van der Waals surface area (Å²) >= 11 is 0. The van der Waals surface area contributed by atoms with Crippen LogP contribution in [0.3, 0.4) is 0 Å². The van der Waals surface area contributed by atoms with E-state index in [1.165, 1.54) is 0 Å². The van der Waals surface area contributed by atoms with Crippen LogP contribution in [0, 0.1) is 11.8 Å². The molecule has 5 atom stereocenters. The number of rotatable bonds is 6. The summed E-state index contributed by atoms with van der Waals surface area (Å²) in [6, 6.07) is -0.0881. The lowest BCUT2D eigenvalue weighted by Gasteiger charge is -2.29. The molecule has 0 aliphatic carbocycles. The highest BCUT2D eigenvalue weighted by Gasteiger charge is 2.42. The maximum atomic E-state index is 12.5. The molecule has 1 aliphatic heterocycles. The lowest BCUT2D eigenvalue weighted by atomic mass is 9.99. The van der Waals surface area contributed by atoms with E-state index in [1.54, 1.807) is 6.26 Å². The van der Waals surface area contributed by atoms with Crippen molar-refractivity contribution in [2.24, 2.45) is 11.8 Å². The lowest BCUT2D eigenvalue weighted by Crippen LogP contribution is -2.45. The summed E-state index contributed by atoms with van der Waals surface area (Å²) in [5.74, 6) is 0.863. The summed E-state index contributed by atoms with van der Waals surface area (Å²) in [4.78, 5) is 14.4. The highest BCUT2D eigenvalue weighted by atomic mass is 32.2. The Bertz CT molecular complexity index is 346. The third-order valence-electron chi connectivity index (χ3n) is 4.10. The molecule has 5 heteroatoms. The largest absolute Gasteiger partial charge is 0.324 e. The monoisotopic (exact) mass is 288 g/mol. The van der Waals surface area contributed by atoms with Crippen LogP contribution in [0.2, 0.25) is 0 Å². The highest BCUT2D eigenvalue weighted by Crippen LogP contribution is 2.23. The Morgan fingerprint density at radius 2 is 1.89 bits per heavy atom. The predicted octanol–water partition coefficient (Wildman–Crippen LogP) is 1.58. The normalized spacial score (nSPS) is 28.8. The summed E-state index contributed by atoms with van der Waals surface area (Å²) in [6.45, 7) is 11.0. The van der Waals surface area contributed by atoms with Gasteiger partial charge in [-0.1, -0.05) is 34.1 Å². The first-order valence-electron chi connectivity index (χ1n) is 7.18. The van der Waals surface area contributed by atoms with E-state index in [-0.39, 0.29) is 23.4 Å². The zero-order chi connectivity index (χ0) is 14.7. The van der Waals surface area contributed by atoms with Gasteiger partial charge in [-0.2, -0.15) is 0 Å². The van der Waals surface area contributed by atoms with Crippen molar-refractivity contribution >= 4 is 16.7 Å². The molecule has 1 rings (SSSR count). The summed E-state index contributed by atoms with van der Waals surface area (Å²) in [7, 11) is -0.895. The Hall–Kier alpha value is -0.420. The molecular formula is C14H28N2O2S. The molecule has 1 fully saturated rings. The fraction of sp³-hybridized carbons (Fsp3) is 0.929. The van der Waals surface area contributed by atoms with E-state index in [1.807, 2.05) is 11.8 Å². The van der Waals surface area contributed by atoms with Crippen molar-refractivity contribution in [2.45, 2.75) is 58.5 Å². The lowest BCUT2D eigenvalue weighted by molar-refractivity contribution is -0.131. The zero-order valence-electron chi connectivity index (χ0n) is 13.0. The molecule has 0 aromatic carbocycles. The van der Waals surface area contributed by atoms with Gasteiger partial charge in [0.1, 0.15) is 0 Å². The van der Waals surface area contributed by atoms with Gasteiger partial charge in [0.25, 0.3) is 0 Å². The van der Waals surface area contributed by atoms with E-state index in [0.717, 1.165) is 6.42 Å². The molecule has 5 unspecified atom stereocenters. The van der Waals surface area contributed by atoms with Crippen molar-refractivity contribution in [2.75, 3.05) is 12.8 Å². The molecule has 4 nitrogen and oxygen atoms in total. The molecule has 1 aliphatic rings. The molecule has 0 aromatic rings. The number of amides is 1. The molecule has 1 heterocycles. The Morgan fingerprint density at radius 3 is 2.32 bits per heavy atom. The SMILES string of the molecule is CCC(C)C1NC(C(C)C)N(CC(C)S(C)=O)C1=O. The number of carbonyl (C=O) groups is 1. The van der Waals surface area contributed by atoms with Gasteiger partial charge in [0.05, 0.1) is 12.2 Å². The van der Waals surface area contributed by atoms with Crippen molar-refractivity contribution < 1.29 is 9.00 Å². The van der Waals surface area contributed by atoms with E-state index >= 15 is 0 Å². The zero-order valence-corrected chi connectivity index (χ0v) is 13.8. The molecule has 112 valence electrons. The third kappa shape index (κ3) is 3.78. The van der Waals surface area contributed by atoms with Crippen LogP contribution in [0.5, 0.6) is 0 Å². The fourth-order valence-corrected chi connectivity index (χ4v) is 2.81. The Kier molecular flexibility index (Phi) is 5.99. The fourth-order valence-electron chi connectivity index (χ4n) is 2.44. The van der Waals surface area contributed by atoms with E-state index in [9.17, 15) is 9.00 Å². The highest BCUT2D eigenvalue weighted by molar-refractivity contribution is 7.84. The van der Waals surface area contributed by atoms with Crippen molar-refractivity contribution in [3.05, 3.63) is 0 Å². The maximum Gasteiger partial charge on any atom is 0.241 e. The van der Waals surface area contributed by atoms with Crippen LogP contribution in [0.25, 0.3) is 0 Å². The van der Waals surface area contributed by atoms with Crippen LogP contribution in [0.15, 0.2) is 0 Å². The van der Waals surface area contributed by atoms with Gasteiger partial charge in [-0.15, -0.1) is 0 Å². The molecule has 0 saturated carbocycles. The van der Waals surface area contributed by atoms with Gasteiger partial charge < -0.3 is 4.90 Å². The van der Waals surface area contributed by atoms with Crippen molar-refractivity contribution in [1.82, 2.24) is 10.2 Å². The van der Waals surface area contributed by atoms with E-state index in [4.69, 9.17) is 0 Å². The van der Waals surface area contributed by atoms with Gasteiger partial charge in [-0.05, 0) is 18.8 Å². The van der Waals surface area contributed by atoms with Gasteiger partial charge in [-0.25, -0.2) is 0 Å². The maximum absolute atomic E-state index is 12.5. The van der Waals surface area contributed by atoms with Crippen molar-refractivity contribution in [3.63, 3.8) is 0 Å². The van der Waals surface area contributed by atoms with Crippen LogP contribution in [0.1, 0.15) is 41.0 Å². The third-order valence-corrected chi connectivity index (χ3v) is 5.38. The molecule has 0 bridgehead atoms. The quantitative estimate of drug-likeness (QED) is 0.807. The summed E-state index contributed by atoms with van der Waals surface area (Å²) in [5, 5.41) is 3.48. The number of nitrogens with one attached hydrogen (secondary N) is 1. The number of hydrogen-bond donors (Lipinski definition) is 1. The predicted molar refractivity (Wildman–Crippen MR) is 80.2 cm³/mol. The van der Waals surface area contributed by atoms with Crippen LogP contribution < -0.4 is 5.32 Å². The minimum absolute atomic E-state index is 0.0164. The number of nitrogens with zero attached hydrogens (tertiary/aromatic N) is 1. The minimum atomic E-state index is -0.895. The van der Waals surface area contributed by atoms with Gasteiger partial charge in [0.15, 0.2) is 0 Å². The van der Waals surface area contributed by atoms with Gasteiger partial charge in [0.2, 0.25) is 5.91 Å². The molecule has 1 saturated heterocycles. The van der Waals surface area contributed by atoms with Crippen LogP contribution in [0.4, 0.5) is 0 Å². The Morgan fingerprint density at radius 1 is 1.32 bits per heavy atom. The Labute approximate surface area is 119 Å². The van der Waals surface area contributed by atoms with E-state index < -0.39 is 10.8 Å². The minimum Gasteiger partial charge on any atom is -0.324 e. The molecule has 1 amide bonds. The van der Waals surface area contributed by atoms with E-state index in [0.29, 0.717) is 18.4 Å². The molecule has 19 heavy (non-hydrogen) atoms. The summed E-state index contributed by atoms with van der Waals surface area (Å²) in [5.41, 5.74) is 0. The summed E-state index contributed by atoms with van der Waals surface area (Å²) in [6.07, 6.45) is 2.75. The molecule has 0 spiro atoms. The molecule has 1 N–H and O–H groups in total. The smallest absolute Gasteiger partial charge is 0.241 e. The average Bonchev–Trinajstić information content (AvgIpc) is 2.66. The topological polar surface area (TPSA) is 49.4 Å². The molecular weight excluding hydrogens is 260 g/mol. The second-order valence-corrected chi connectivity index (χ2v) is 7.82. The van der Waals surface area contributed by atoms with Crippen molar-refractivity contribution in [1.29, 1.82) is 0 Å². The first kappa shape index (κ1) is 16.6. The van der Waals surface area contributed by atoms with Crippen LogP contribution in [-0.2, 0) is 15.6 Å². The number of hydrogen-bond acceptors (Lipinski definition) is 3.